The first-order valence-electron chi connectivity index (χ1n) is 7.63. The van der Waals surface area contributed by atoms with Gasteiger partial charge in [0.1, 0.15) is 5.25 Å². The molecule has 148 valence electrons. The number of carboxylic acids is 2. The van der Waals surface area contributed by atoms with Crippen LogP contribution in [0.1, 0.15) is 6.42 Å². The predicted molar refractivity (Wildman–Crippen MR) is 101 cm³/mol. The number of hydrogen-bond donors (Lipinski definition) is 5. The van der Waals surface area contributed by atoms with Crippen molar-refractivity contribution in [1.82, 2.24) is 0 Å². The smallest absolute Gasteiger partial charge is 0.317 e. The third-order valence-corrected chi connectivity index (χ3v) is 5.65. The molecular weight excluding hydrogens is 392 g/mol. The van der Waals surface area contributed by atoms with Crippen molar-refractivity contribution in [2.75, 3.05) is 49.4 Å². The Kier molecular flexibility index (Phi) is 15.9. The summed E-state index contributed by atoms with van der Waals surface area (Å²) in [6.07, 6.45) is -1.95. The van der Waals surface area contributed by atoms with Crippen LogP contribution in [0, 0.1) is 0 Å². The molecule has 0 radical (unpaired) electrons. The maximum absolute atomic E-state index is 10.9. The Balaban J connectivity index is 3.64. The molecule has 0 amide bonds. The molecule has 0 aromatic carbocycles. The minimum atomic E-state index is -1.22. The average molecular weight is 419 g/mol. The molecule has 0 aromatic heterocycles. The van der Waals surface area contributed by atoms with Crippen LogP contribution in [0.3, 0.4) is 0 Å². The van der Waals surface area contributed by atoms with Crippen LogP contribution in [0.2, 0.25) is 0 Å². The molecule has 0 rings (SSSR count). The van der Waals surface area contributed by atoms with Crippen molar-refractivity contribution in [3.05, 3.63) is 0 Å². The van der Waals surface area contributed by atoms with E-state index in [1.807, 2.05) is 0 Å². The number of carboxylic acid groups (broad SMARTS) is 2. The van der Waals surface area contributed by atoms with E-state index in [1.165, 1.54) is 0 Å². The topological polar surface area (TPSA) is 134 Å². The fourth-order valence-electron chi connectivity index (χ4n) is 1.54. The van der Waals surface area contributed by atoms with E-state index in [0.717, 1.165) is 23.3 Å². The lowest BCUT2D eigenvalue weighted by atomic mass is 10.3. The van der Waals surface area contributed by atoms with Crippen LogP contribution in [-0.4, -0.2) is 99.3 Å². The van der Waals surface area contributed by atoms with Crippen molar-refractivity contribution in [3.63, 3.8) is 0 Å². The number of rotatable bonds is 17. The predicted octanol–water partition coefficient (Wildman–Crippen LogP) is 0.0655. The molecule has 11 heteroatoms. The van der Waals surface area contributed by atoms with Gasteiger partial charge in [-0.25, -0.2) is 0 Å². The average Bonchev–Trinajstić information content (AvgIpc) is 2.54. The van der Waals surface area contributed by atoms with Gasteiger partial charge in [-0.1, -0.05) is 0 Å². The highest BCUT2D eigenvalue weighted by Crippen LogP contribution is 2.16. The summed E-state index contributed by atoms with van der Waals surface area (Å²) in [6, 6.07) is 0. The standard InChI is InChI=1S/C14H26O8S3/c15-10(8-24-4-3-23)6-21-1-2-22-7-11(16)9-25-12(14(19)20)5-13(17)18/h10-12,15-16,23H,1-9H2,(H,17,18)(H,19,20). The lowest BCUT2D eigenvalue weighted by Gasteiger charge is -2.14. The van der Waals surface area contributed by atoms with Crippen LogP contribution < -0.4 is 0 Å². The van der Waals surface area contributed by atoms with E-state index in [0.29, 0.717) is 5.75 Å². The zero-order chi connectivity index (χ0) is 19.1. The molecule has 0 aliphatic heterocycles. The van der Waals surface area contributed by atoms with Crippen LogP contribution in [0.5, 0.6) is 0 Å². The van der Waals surface area contributed by atoms with Gasteiger partial charge < -0.3 is 29.9 Å². The minimum absolute atomic E-state index is 0.00385. The fourth-order valence-corrected chi connectivity index (χ4v) is 3.55. The molecular formula is C14H26O8S3. The number of aliphatic carboxylic acids is 2. The van der Waals surface area contributed by atoms with Crippen molar-refractivity contribution >= 4 is 48.1 Å². The van der Waals surface area contributed by atoms with E-state index in [-0.39, 0.29) is 32.2 Å². The second-order valence-corrected chi connectivity index (χ2v) is 7.85. The lowest BCUT2D eigenvalue weighted by Crippen LogP contribution is -2.26. The van der Waals surface area contributed by atoms with E-state index in [9.17, 15) is 19.8 Å². The maximum Gasteiger partial charge on any atom is 0.317 e. The molecule has 8 nitrogen and oxygen atoms in total. The van der Waals surface area contributed by atoms with E-state index in [2.05, 4.69) is 12.6 Å². The van der Waals surface area contributed by atoms with Gasteiger partial charge in [0.05, 0.1) is 45.1 Å². The molecule has 3 atom stereocenters. The van der Waals surface area contributed by atoms with Crippen molar-refractivity contribution in [1.29, 1.82) is 0 Å². The largest absolute Gasteiger partial charge is 0.481 e. The molecule has 0 aliphatic rings. The summed E-state index contributed by atoms with van der Waals surface area (Å²) >= 11 is 6.53. The lowest BCUT2D eigenvalue weighted by molar-refractivity contribution is -0.142. The second kappa shape index (κ2) is 16.0. The number of hydrogen-bond acceptors (Lipinski definition) is 9. The Labute approximate surface area is 161 Å². The molecule has 25 heavy (non-hydrogen) atoms. The fraction of sp³-hybridized carbons (Fsp3) is 0.857. The third-order valence-electron chi connectivity index (χ3n) is 2.66. The molecule has 0 saturated heterocycles. The van der Waals surface area contributed by atoms with Gasteiger partial charge in [0.15, 0.2) is 0 Å². The molecule has 3 unspecified atom stereocenters. The Morgan fingerprint density at radius 1 is 1.00 bits per heavy atom. The highest BCUT2D eigenvalue weighted by Gasteiger charge is 2.22. The van der Waals surface area contributed by atoms with Gasteiger partial charge in [-0.3, -0.25) is 9.59 Å². The van der Waals surface area contributed by atoms with Crippen LogP contribution in [0.4, 0.5) is 0 Å². The van der Waals surface area contributed by atoms with Gasteiger partial charge in [0, 0.05) is 17.3 Å². The Bertz CT molecular complexity index is 372. The Morgan fingerprint density at radius 2 is 1.56 bits per heavy atom. The van der Waals surface area contributed by atoms with Crippen molar-refractivity contribution in [3.8, 4) is 0 Å². The van der Waals surface area contributed by atoms with Crippen LogP contribution in [-0.2, 0) is 19.1 Å². The Morgan fingerprint density at radius 3 is 2.04 bits per heavy atom. The quantitative estimate of drug-likeness (QED) is 0.163. The van der Waals surface area contributed by atoms with Gasteiger partial charge >= 0.3 is 11.9 Å². The second-order valence-electron chi connectivity index (χ2n) is 5.01. The van der Waals surface area contributed by atoms with Gasteiger partial charge in [-0.15, -0.1) is 11.8 Å². The number of aliphatic hydroxyl groups excluding tert-OH is 2. The summed E-state index contributed by atoms with van der Waals surface area (Å²) in [6.45, 7) is 0.702. The Hall–Kier alpha value is -0.170. The summed E-state index contributed by atoms with van der Waals surface area (Å²) in [7, 11) is 0. The van der Waals surface area contributed by atoms with E-state index in [1.54, 1.807) is 11.8 Å². The number of thiol groups is 1. The highest BCUT2D eigenvalue weighted by molar-refractivity contribution is 8.00. The van der Waals surface area contributed by atoms with Gasteiger partial charge in [-0.2, -0.15) is 24.4 Å². The summed E-state index contributed by atoms with van der Waals surface area (Å²) < 4.78 is 10.4. The normalized spacial score (nSPS) is 14.8. The first-order valence-corrected chi connectivity index (χ1v) is 10.5. The summed E-state index contributed by atoms with van der Waals surface area (Å²) in [4.78, 5) is 21.4. The summed E-state index contributed by atoms with van der Waals surface area (Å²) in [5, 5.41) is 35.7. The van der Waals surface area contributed by atoms with Crippen LogP contribution in [0.25, 0.3) is 0 Å². The van der Waals surface area contributed by atoms with Crippen LogP contribution >= 0.6 is 36.2 Å². The van der Waals surface area contributed by atoms with Gasteiger partial charge in [-0.05, 0) is 5.75 Å². The molecule has 0 aromatic rings. The van der Waals surface area contributed by atoms with Gasteiger partial charge in [0.2, 0.25) is 0 Å². The summed E-state index contributed by atoms with van der Waals surface area (Å²) in [5.41, 5.74) is 0. The zero-order valence-corrected chi connectivity index (χ0v) is 16.3. The number of carbonyl (C=O) groups is 2. The van der Waals surface area contributed by atoms with E-state index < -0.39 is 35.8 Å². The third kappa shape index (κ3) is 15.8. The monoisotopic (exact) mass is 418 g/mol. The molecule has 0 aliphatic carbocycles. The van der Waals surface area contributed by atoms with Crippen molar-refractivity contribution in [2.45, 2.75) is 23.9 Å². The minimum Gasteiger partial charge on any atom is -0.481 e. The SMILES string of the molecule is O=C(O)CC(SCC(O)COCCOCC(O)CSCCS)C(=O)O. The van der Waals surface area contributed by atoms with E-state index >= 15 is 0 Å². The first-order chi connectivity index (χ1) is 11.9. The highest BCUT2D eigenvalue weighted by atomic mass is 32.2. The maximum atomic E-state index is 10.9. The number of ether oxygens (including phenoxy) is 2. The molecule has 0 fully saturated rings. The number of thioether (sulfide) groups is 2. The molecule has 0 saturated carbocycles. The van der Waals surface area contributed by atoms with Gasteiger partial charge in [0.25, 0.3) is 0 Å². The number of aliphatic hydroxyl groups is 2. The molecule has 0 spiro atoms. The van der Waals surface area contributed by atoms with Crippen molar-refractivity contribution in [2.24, 2.45) is 0 Å². The van der Waals surface area contributed by atoms with E-state index in [4.69, 9.17) is 19.7 Å². The molecule has 0 heterocycles. The molecule has 4 N–H and O–H groups in total. The van der Waals surface area contributed by atoms with Crippen LogP contribution in [0.15, 0.2) is 0 Å². The molecule has 0 bridgehead atoms. The zero-order valence-electron chi connectivity index (χ0n) is 13.8. The van der Waals surface area contributed by atoms with Crippen molar-refractivity contribution < 1.29 is 39.5 Å². The first kappa shape index (κ1) is 24.8. The summed E-state index contributed by atoms with van der Waals surface area (Å²) in [5.74, 6) is -0.149.